The minimum atomic E-state index is -4.54. The number of nitrogens with one attached hydrogen (secondary N) is 1. The predicted molar refractivity (Wildman–Crippen MR) is 99.9 cm³/mol. The van der Waals surface area contributed by atoms with Crippen molar-refractivity contribution in [1.82, 2.24) is 5.32 Å². The molecule has 6 nitrogen and oxygen atoms in total. The molecule has 2 aromatic carbocycles. The van der Waals surface area contributed by atoms with Crippen LogP contribution in [0.25, 0.3) is 0 Å². The number of amides is 2. The van der Waals surface area contributed by atoms with Gasteiger partial charge in [-0.15, -0.1) is 0 Å². The quantitative estimate of drug-likeness (QED) is 0.597. The van der Waals surface area contributed by atoms with Crippen LogP contribution in [0.5, 0.6) is 0 Å². The van der Waals surface area contributed by atoms with Gasteiger partial charge in [0.15, 0.2) is 6.10 Å². The molecule has 0 aliphatic heterocycles. The Hall–Kier alpha value is -2.72. The van der Waals surface area contributed by atoms with Crippen molar-refractivity contribution in [2.24, 2.45) is 5.73 Å². The molecule has 0 aliphatic carbocycles. The van der Waals surface area contributed by atoms with Gasteiger partial charge in [0.25, 0.3) is 5.91 Å². The topological polar surface area (TPSA) is 109 Å². The van der Waals surface area contributed by atoms with Crippen LogP contribution in [0, 0.1) is 0 Å². The lowest BCUT2D eigenvalue weighted by Gasteiger charge is -2.18. The Morgan fingerprint density at radius 2 is 1.66 bits per heavy atom. The summed E-state index contributed by atoms with van der Waals surface area (Å²) in [4.78, 5) is 24.3. The summed E-state index contributed by atoms with van der Waals surface area (Å²) < 4.78 is 50.0. The number of carbonyl (C=O) groups is 2. The standard InChI is InChI=1S/C19H19F3N2O4S/c20-19(21,22)13-8-6-12(7-9-13)16(25)18(27)24-15(17(23)26)10-11-29(28)14-4-2-1-3-5-14/h1-9,15-16,25H,10-11H2,(H2,23,26)(H,24,27)/t15-,16-,29+/m0/s1. The van der Waals surface area contributed by atoms with E-state index in [1.54, 1.807) is 30.3 Å². The molecule has 4 N–H and O–H groups in total. The zero-order valence-electron chi connectivity index (χ0n) is 15.1. The molecule has 0 heterocycles. The van der Waals surface area contributed by atoms with Crippen LogP contribution in [-0.2, 0) is 26.6 Å². The molecule has 10 heteroatoms. The van der Waals surface area contributed by atoms with E-state index < -0.39 is 46.5 Å². The third kappa shape index (κ3) is 6.40. The van der Waals surface area contributed by atoms with Gasteiger partial charge in [-0.3, -0.25) is 13.8 Å². The highest BCUT2D eigenvalue weighted by Crippen LogP contribution is 2.30. The van der Waals surface area contributed by atoms with Gasteiger partial charge in [0.2, 0.25) is 5.91 Å². The highest BCUT2D eigenvalue weighted by atomic mass is 32.2. The van der Waals surface area contributed by atoms with Crippen LogP contribution in [0.4, 0.5) is 13.2 Å². The van der Waals surface area contributed by atoms with Crippen molar-refractivity contribution in [1.29, 1.82) is 0 Å². The number of primary amides is 1. The van der Waals surface area contributed by atoms with Crippen molar-refractivity contribution in [3.05, 3.63) is 65.7 Å². The van der Waals surface area contributed by atoms with Crippen LogP contribution < -0.4 is 11.1 Å². The fourth-order valence-corrected chi connectivity index (χ4v) is 3.60. The van der Waals surface area contributed by atoms with E-state index in [9.17, 15) is 32.1 Å². The van der Waals surface area contributed by atoms with Gasteiger partial charge in [0.05, 0.1) is 16.4 Å². The van der Waals surface area contributed by atoms with Crippen LogP contribution in [-0.4, -0.2) is 32.9 Å². The molecule has 0 fully saturated rings. The lowest BCUT2D eigenvalue weighted by Crippen LogP contribution is -2.46. The Bertz CT molecular complexity index is 873. The summed E-state index contributed by atoms with van der Waals surface area (Å²) in [7, 11) is -1.42. The number of halogens is 3. The number of hydrogen-bond acceptors (Lipinski definition) is 4. The molecule has 0 aliphatic rings. The first-order chi connectivity index (χ1) is 13.6. The maximum atomic E-state index is 12.6. The molecular formula is C19H19F3N2O4S. The summed E-state index contributed by atoms with van der Waals surface area (Å²) in [5, 5.41) is 12.3. The van der Waals surface area contributed by atoms with Gasteiger partial charge in [-0.05, 0) is 36.2 Å². The predicted octanol–water partition coefficient (Wildman–Crippen LogP) is 1.91. The Kier molecular flexibility index (Phi) is 7.52. The fraction of sp³-hybridized carbons (Fsp3) is 0.263. The number of hydrogen-bond donors (Lipinski definition) is 3. The molecule has 0 saturated heterocycles. The zero-order chi connectivity index (χ0) is 21.6. The van der Waals surface area contributed by atoms with Crippen molar-refractivity contribution in [3.63, 3.8) is 0 Å². The minimum Gasteiger partial charge on any atom is -0.378 e. The summed E-state index contributed by atoms with van der Waals surface area (Å²) in [6.45, 7) is 0. The molecule has 2 aromatic rings. The zero-order valence-corrected chi connectivity index (χ0v) is 15.9. The minimum absolute atomic E-state index is 0.0360. The first kappa shape index (κ1) is 22.6. The molecule has 0 unspecified atom stereocenters. The SMILES string of the molecule is NC(=O)[C@H](CC[S@@](=O)c1ccccc1)NC(=O)[C@@H](O)c1ccc(C(F)(F)F)cc1. The molecule has 3 atom stereocenters. The number of rotatable bonds is 8. The number of aliphatic hydroxyl groups is 1. The Balaban J connectivity index is 1.99. The molecule has 0 saturated carbocycles. The molecular weight excluding hydrogens is 409 g/mol. The average Bonchev–Trinajstić information content (AvgIpc) is 2.70. The molecule has 2 rings (SSSR count). The highest BCUT2D eigenvalue weighted by molar-refractivity contribution is 7.85. The van der Waals surface area contributed by atoms with Gasteiger partial charge < -0.3 is 16.2 Å². The average molecular weight is 428 g/mol. The van der Waals surface area contributed by atoms with Gasteiger partial charge in [-0.25, -0.2) is 0 Å². The third-order valence-electron chi connectivity index (χ3n) is 4.06. The number of nitrogens with two attached hydrogens (primary N) is 1. The summed E-state index contributed by atoms with van der Waals surface area (Å²) in [6, 6.07) is 10.7. The second kappa shape index (κ2) is 9.66. The second-order valence-corrected chi connectivity index (χ2v) is 7.71. The molecule has 2 amide bonds. The van der Waals surface area contributed by atoms with Crippen molar-refractivity contribution in [2.45, 2.75) is 29.6 Å². The fourth-order valence-electron chi connectivity index (χ4n) is 2.46. The van der Waals surface area contributed by atoms with Crippen LogP contribution >= 0.6 is 0 Å². The molecule has 29 heavy (non-hydrogen) atoms. The van der Waals surface area contributed by atoms with Crippen LogP contribution in [0.1, 0.15) is 23.7 Å². The van der Waals surface area contributed by atoms with Crippen molar-refractivity contribution >= 4 is 22.6 Å². The van der Waals surface area contributed by atoms with Crippen molar-refractivity contribution < 1.29 is 32.1 Å². The molecule has 0 bridgehead atoms. The summed E-state index contributed by atoms with van der Waals surface area (Å²) in [6.07, 6.45) is -6.38. The van der Waals surface area contributed by atoms with Gasteiger partial charge in [-0.2, -0.15) is 13.2 Å². The monoisotopic (exact) mass is 428 g/mol. The van der Waals surface area contributed by atoms with Gasteiger partial charge in [-0.1, -0.05) is 30.3 Å². The normalized spacial score (nSPS) is 14.6. The Morgan fingerprint density at radius 3 is 2.17 bits per heavy atom. The Morgan fingerprint density at radius 1 is 1.07 bits per heavy atom. The van der Waals surface area contributed by atoms with Gasteiger partial charge in [0.1, 0.15) is 6.04 Å². The van der Waals surface area contributed by atoms with Crippen LogP contribution in [0.2, 0.25) is 0 Å². The molecule has 0 aromatic heterocycles. The maximum Gasteiger partial charge on any atom is 0.416 e. The largest absolute Gasteiger partial charge is 0.416 e. The van der Waals surface area contributed by atoms with E-state index in [-0.39, 0.29) is 17.7 Å². The van der Waals surface area contributed by atoms with Crippen LogP contribution in [0.15, 0.2) is 59.5 Å². The lowest BCUT2D eigenvalue weighted by atomic mass is 10.1. The van der Waals surface area contributed by atoms with Crippen LogP contribution in [0.3, 0.4) is 0 Å². The highest BCUT2D eigenvalue weighted by Gasteiger charge is 2.31. The van der Waals surface area contributed by atoms with Gasteiger partial charge in [0, 0.05) is 10.6 Å². The Labute approximate surface area is 167 Å². The summed E-state index contributed by atoms with van der Waals surface area (Å²) >= 11 is 0. The summed E-state index contributed by atoms with van der Waals surface area (Å²) in [5.74, 6) is -1.85. The number of aliphatic hydroxyl groups excluding tert-OH is 1. The number of carbonyl (C=O) groups excluding carboxylic acids is 2. The third-order valence-corrected chi connectivity index (χ3v) is 5.46. The summed E-state index contributed by atoms with van der Waals surface area (Å²) in [5.41, 5.74) is 4.26. The van der Waals surface area contributed by atoms with E-state index in [2.05, 4.69) is 5.32 Å². The van der Waals surface area contributed by atoms with E-state index in [1.807, 2.05) is 0 Å². The smallest absolute Gasteiger partial charge is 0.378 e. The first-order valence-electron chi connectivity index (χ1n) is 8.48. The van der Waals surface area contributed by atoms with E-state index in [0.717, 1.165) is 24.3 Å². The first-order valence-corrected chi connectivity index (χ1v) is 9.80. The van der Waals surface area contributed by atoms with E-state index in [4.69, 9.17) is 5.73 Å². The number of alkyl halides is 3. The van der Waals surface area contributed by atoms with Crippen molar-refractivity contribution in [3.8, 4) is 0 Å². The van der Waals surface area contributed by atoms with E-state index in [1.165, 1.54) is 0 Å². The molecule has 156 valence electrons. The lowest BCUT2D eigenvalue weighted by molar-refractivity contribution is -0.137. The molecule has 0 radical (unpaired) electrons. The molecule has 0 spiro atoms. The maximum absolute atomic E-state index is 12.6. The number of benzene rings is 2. The van der Waals surface area contributed by atoms with Gasteiger partial charge >= 0.3 is 6.18 Å². The second-order valence-electron chi connectivity index (χ2n) is 6.14. The van der Waals surface area contributed by atoms with E-state index >= 15 is 0 Å². The van der Waals surface area contributed by atoms with Crippen molar-refractivity contribution in [2.75, 3.05) is 5.75 Å². The van der Waals surface area contributed by atoms with E-state index in [0.29, 0.717) is 4.90 Å².